The smallest absolute Gasteiger partial charge is 0.243 e. The maximum atomic E-state index is 12.0. The summed E-state index contributed by atoms with van der Waals surface area (Å²) < 4.78 is 25.5. The highest BCUT2D eigenvalue weighted by molar-refractivity contribution is 7.89. The van der Waals surface area contributed by atoms with E-state index in [0.717, 1.165) is 12.8 Å². The average molecular weight is 261 g/mol. The van der Waals surface area contributed by atoms with Crippen LogP contribution in [0, 0.1) is 5.92 Å². The van der Waals surface area contributed by atoms with E-state index in [2.05, 4.69) is 4.98 Å². The molecule has 0 aromatic carbocycles. The quantitative estimate of drug-likeness (QED) is 0.776. The van der Waals surface area contributed by atoms with Crippen LogP contribution in [0.5, 0.6) is 0 Å². The van der Waals surface area contributed by atoms with Crippen LogP contribution in [0.15, 0.2) is 23.2 Å². The summed E-state index contributed by atoms with van der Waals surface area (Å²) in [5.74, 6) is 0.528. The molecule has 0 radical (unpaired) electrons. The molecule has 0 bridgehead atoms. The molecule has 0 atom stereocenters. The van der Waals surface area contributed by atoms with E-state index in [-0.39, 0.29) is 4.90 Å². The second-order valence-electron chi connectivity index (χ2n) is 4.05. The average Bonchev–Trinajstić information content (AvgIpc) is 3.02. The van der Waals surface area contributed by atoms with E-state index < -0.39 is 10.0 Å². The highest BCUT2D eigenvalue weighted by atomic mass is 35.5. The summed E-state index contributed by atoms with van der Waals surface area (Å²) in [7, 11) is -1.80. The first-order chi connectivity index (χ1) is 7.50. The van der Waals surface area contributed by atoms with Crippen molar-refractivity contribution in [3.8, 4) is 0 Å². The van der Waals surface area contributed by atoms with Crippen molar-refractivity contribution in [1.82, 2.24) is 9.29 Å². The summed E-state index contributed by atoms with van der Waals surface area (Å²) in [5.41, 5.74) is 0. The zero-order chi connectivity index (χ0) is 11.8. The van der Waals surface area contributed by atoms with Gasteiger partial charge >= 0.3 is 0 Å². The van der Waals surface area contributed by atoms with Gasteiger partial charge in [-0.2, -0.15) is 0 Å². The molecule has 0 saturated heterocycles. The van der Waals surface area contributed by atoms with Crippen molar-refractivity contribution < 1.29 is 8.42 Å². The van der Waals surface area contributed by atoms with Crippen LogP contribution in [0.4, 0.5) is 0 Å². The second-order valence-corrected chi connectivity index (χ2v) is 6.48. The van der Waals surface area contributed by atoms with E-state index in [4.69, 9.17) is 11.6 Å². The standard InChI is InChI=1S/C10H13ClN2O2S/c1-13(7-8-2-3-8)16(14,15)9-4-5-10(11)12-6-9/h4-6,8H,2-3,7H2,1H3. The van der Waals surface area contributed by atoms with Crippen molar-refractivity contribution in [2.75, 3.05) is 13.6 Å². The third-order valence-electron chi connectivity index (χ3n) is 2.62. The lowest BCUT2D eigenvalue weighted by Crippen LogP contribution is -2.29. The number of aromatic nitrogens is 1. The molecule has 0 aliphatic heterocycles. The molecule has 4 nitrogen and oxygen atoms in total. The van der Waals surface area contributed by atoms with Gasteiger partial charge in [0.25, 0.3) is 0 Å². The Morgan fingerprint density at radius 1 is 1.50 bits per heavy atom. The fraction of sp³-hybridized carbons (Fsp3) is 0.500. The normalized spacial score (nSPS) is 16.7. The van der Waals surface area contributed by atoms with E-state index in [1.54, 1.807) is 7.05 Å². The van der Waals surface area contributed by atoms with Gasteiger partial charge in [-0.15, -0.1) is 0 Å². The minimum atomic E-state index is -3.40. The first-order valence-corrected chi connectivity index (χ1v) is 6.90. The molecule has 6 heteroatoms. The van der Waals surface area contributed by atoms with Gasteiger partial charge in [-0.05, 0) is 30.9 Å². The first kappa shape index (κ1) is 11.8. The van der Waals surface area contributed by atoms with Crippen LogP contribution < -0.4 is 0 Å². The molecule has 1 aromatic heterocycles. The van der Waals surface area contributed by atoms with Gasteiger partial charge in [0.15, 0.2) is 0 Å². The molecule has 2 rings (SSSR count). The van der Waals surface area contributed by atoms with Crippen LogP contribution in [0.25, 0.3) is 0 Å². The second kappa shape index (κ2) is 4.31. The van der Waals surface area contributed by atoms with E-state index in [9.17, 15) is 8.42 Å². The third kappa shape index (κ3) is 2.53. The summed E-state index contributed by atoms with van der Waals surface area (Å²) in [6.07, 6.45) is 3.54. The van der Waals surface area contributed by atoms with Crippen molar-refractivity contribution in [3.05, 3.63) is 23.5 Å². The molecule has 1 aliphatic carbocycles. The van der Waals surface area contributed by atoms with Crippen LogP contribution in [-0.2, 0) is 10.0 Å². The molecule has 0 spiro atoms. The largest absolute Gasteiger partial charge is 0.244 e. The lowest BCUT2D eigenvalue weighted by atomic mass is 10.4. The Morgan fingerprint density at radius 2 is 2.19 bits per heavy atom. The van der Waals surface area contributed by atoms with Crippen LogP contribution in [0.1, 0.15) is 12.8 Å². The monoisotopic (exact) mass is 260 g/mol. The summed E-state index contributed by atoms with van der Waals surface area (Å²) >= 11 is 5.62. The minimum absolute atomic E-state index is 0.194. The zero-order valence-corrected chi connectivity index (χ0v) is 10.5. The third-order valence-corrected chi connectivity index (χ3v) is 4.65. The highest BCUT2D eigenvalue weighted by Gasteiger charge is 2.29. The van der Waals surface area contributed by atoms with E-state index in [1.807, 2.05) is 0 Å². The molecular weight excluding hydrogens is 248 g/mol. The Labute approximate surface area is 100 Å². The maximum Gasteiger partial charge on any atom is 0.244 e. The number of hydrogen-bond acceptors (Lipinski definition) is 3. The van der Waals surface area contributed by atoms with Crippen molar-refractivity contribution >= 4 is 21.6 Å². The molecule has 0 unspecified atom stereocenters. The molecule has 1 aromatic rings. The Bertz CT molecular complexity index is 468. The van der Waals surface area contributed by atoms with Gasteiger partial charge in [-0.3, -0.25) is 0 Å². The zero-order valence-electron chi connectivity index (χ0n) is 8.93. The van der Waals surface area contributed by atoms with Gasteiger partial charge in [-0.25, -0.2) is 17.7 Å². The van der Waals surface area contributed by atoms with E-state index >= 15 is 0 Å². The maximum absolute atomic E-state index is 12.0. The fourth-order valence-electron chi connectivity index (χ4n) is 1.46. The number of rotatable bonds is 4. The molecule has 1 saturated carbocycles. The Morgan fingerprint density at radius 3 is 2.69 bits per heavy atom. The van der Waals surface area contributed by atoms with Crippen LogP contribution in [0.2, 0.25) is 5.15 Å². The van der Waals surface area contributed by atoms with Crippen molar-refractivity contribution in [2.24, 2.45) is 5.92 Å². The van der Waals surface area contributed by atoms with Crippen molar-refractivity contribution in [2.45, 2.75) is 17.7 Å². The number of halogens is 1. The van der Waals surface area contributed by atoms with Crippen molar-refractivity contribution in [1.29, 1.82) is 0 Å². The van der Waals surface area contributed by atoms with E-state index in [1.165, 1.54) is 22.6 Å². The Hall–Kier alpha value is -0.650. The molecule has 16 heavy (non-hydrogen) atoms. The van der Waals surface area contributed by atoms with Gasteiger partial charge in [0.05, 0.1) is 0 Å². The molecule has 0 N–H and O–H groups in total. The van der Waals surface area contributed by atoms with E-state index in [0.29, 0.717) is 17.6 Å². The van der Waals surface area contributed by atoms with Crippen LogP contribution in [0.3, 0.4) is 0 Å². The number of nitrogens with zero attached hydrogens (tertiary/aromatic N) is 2. The topological polar surface area (TPSA) is 50.3 Å². The van der Waals surface area contributed by atoms with Crippen molar-refractivity contribution in [3.63, 3.8) is 0 Å². The Balaban J connectivity index is 2.19. The lowest BCUT2D eigenvalue weighted by Gasteiger charge is -2.16. The predicted molar refractivity (Wildman–Crippen MR) is 61.8 cm³/mol. The predicted octanol–water partition coefficient (Wildman–Crippen LogP) is 1.77. The molecule has 1 heterocycles. The SMILES string of the molecule is CN(CC1CC1)S(=O)(=O)c1ccc(Cl)nc1. The first-order valence-electron chi connectivity index (χ1n) is 5.08. The minimum Gasteiger partial charge on any atom is -0.243 e. The number of pyridine rings is 1. The summed E-state index contributed by atoms with van der Waals surface area (Å²) in [5, 5.41) is 0.295. The lowest BCUT2D eigenvalue weighted by molar-refractivity contribution is 0.452. The van der Waals surface area contributed by atoms with Crippen LogP contribution >= 0.6 is 11.6 Å². The van der Waals surface area contributed by atoms with Gasteiger partial charge in [0.1, 0.15) is 10.0 Å². The highest BCUT2D eigenvalue weighted by Crippen LogP contribution is 2.30. The van der Waals surface area contributed by atoms with Crippen LogP contribution in [-0.4, -0.2) is 31.3 Å². The summed E-state index contributed by atoms with van der Waals surface area (Å²) in [6.45, 7) is 0.588. The number of hydrogen-bond donors (Lipinski definition) is 0. The van der Waals surface area contributed by atoms with Gasteiger partial charge in [0.2, 0.25) is 10.0 Å². The molecule has 1 aliphatic rings. The summed E-state index contributed by atoms with van der Waals surface area (Å²) in [6, 6.07) is 2.97. The number of sulfonamides is 1. The van der Waals surface area contributed by atoms with Gasteiger partial charge in [-0.1, -0.05) is 11.6 Å². The summed E-state index contributed by atoms with van der Waals surface area (Å²) in [4.78, 5) is 3.98. The van der Waals surface area contributed by atoms with Gasteiger partial charge < -0.3 is 0 Å². The molecular formula is C10H13ClN2O2S. The molecule has 88 valence electrons. The molecule has 1 fully saturated rings. The Kier molecular flexibility index (Phi) is 3.19. The van der Waals surface area contributed by atoms with Gasteiger partial charge in [0, 0.05) is 19.8 Å². The molecule has 0 amide bonds. The fourth-order valence-corrected chi connectivity index (χ4v) is 2.76.